The zero-order valence-electron chi connectivity index (χ0n) is 16.3. The number of halogens is 4. The van der Waals surface area contributed by atoms with Crippen molar-refractivity contribution in [1.82, 2.24) is 10.2 Å². The monoisotopic (exact) mass is 404 g/mol. The van der Waals surface area contributed by atoms with Crippen LogP contribution in [0.15, 0.2) is 18.2 Å². The van der Waals surface area contributed by atoms with Gasteiger partial charge in [-0.3, -0.25) is 9.69 Å². The van der Waals surface area contributed by atoms with Crippen LogP contribution < -0.4 is 10.1 Å². The van der Waals surface area contributed by atoms with Crippen LogP contribution >= 0.6 is 0 Å². The molecule has 0 bridgehead atoms. The summed E-state index contributed by atoms with van der Waals surface area (Å²) >= 11 is 0. The number of carbonyl (C=O) groups is 1. The van der Waals surface area contributed by atoms with Crippen LogP contribution in [-0.2, 0) is 11.3 Å². The summed E-state index contributed by atoms with van der Waals surface area (Å²) in [6, 6.07) is 4.80. The minimum Gasteiger partial charge on any atom is -0.493 e. The third-order valence-electron chi connectivity index (χ3n) is 4.65. The van der Waals surface area contributed by atoms with Crippen molar-refractivity contribution >= 4 is 5.91 Å². The second-order valence-electron chi connectivity index (χ2n) is 7.68. The Morgan fingerprint density at radius 1 is 1.32 bits per heavy atom. The van der Waals surface area contributed by atoms with Gasteiger partial charge in [-0.15, -0.1) is 0 Å². The molecule has 0 radical (unpaired) electrons. The average molecular weight is 404 g/mol. The highest BCUT2D eigenvalue weighted by molar-refractivity contribution is 5.79. The molecule has 1 aliphatic heterocycles. The molecule has 8 heteroatoms. The van der Waals surface area contributed by atoms with Gasteiger partial charge in [0.05, 0.1) is 12.5 Å². The number of ether oxygens (including phenoxy) is 1. The summed E-state index contributed by atoms with van der Waals surface area (Å²) in [5.74, 6) is 0.175. The molecule has 1 aromatic rings. The number of hydrogen-bond acceptors (Lipinski definition) is 3. The number of nitrogens with one attached hydrogen (secondary N) is 1. The van der Waals surface area contributed by atoms with E-state index in [1.807, 2.05) is 4.90 Å². The first-order valence-electron chi connectivity index (χ1n) is 9.62. The summed E-state index contributed by atoms with van der Waals surface area (Å²) in [5.41, 5.74) is 0.528. The van der Waals surface area contributed by atoms with Gasteiger partial charge in [-0.25, -0.2) is 4.39 Å². The highest BCUT2D eigenvalue weighted by atomic mass is 19.4. The van der Waals surface area contributed by atoms with Crippen molar-refractivity contribution in [2.75, 3.05) is 26.2 Å². The summed E-state index contributed by atoms with van der Waals surface area (Å²) in [5, 5.41) is 2.53. The Morgan fingerprint density at radius 2 is 2.04 bits per heavy atom. The standard InChI is InChI=1S/C20H28F4N2O2/c1-14(2)6-9-28-17-5-4-15(18(21)10-17)11-26-12-16(13-26)19(27)25-8-3-7-20(22,23)24/h4-5,10,14,16H,3,6-9,11-13H2,1-2H3,(H,25,27). The number of rotatable bonds is 10. The number of carbonyl (C=O) groups excluding carboxylic acids is 1. The molecule has 1 heterocycles. The smallest absolute Gasteiger partial charge is 0.389 e. The summed E-state index contributed by atoms with van der Waals surface area (Å²) in [7, 11) is 0. The van der Waals surface area contributed by atoms with E-state index >= 15 is 0 Å². The average Bonchev–Trinajstić information content (AvgIpc) is 2.54. The lowest BCUT2D eigenvalue weighted by Crippen LogP contribution is -2.53. The Balaban J connectivity index is 1.68. The molecule has 158 valence electrons. The van der Waals surface area contributed by atoms with E-state index in [1.165, 1.54) is 6.07 Å². The Labute approximate surface area is 163 Å². The van der Waals surface area contributed by atoms with Crippen molar-refractivity contribution in [3.63, 3.8) is 0 Å². The van der Waals surface area contributed by atoms with E-state index in [0.717, 1.165) is 6.42 Å². The maximum atomic E-state index is 14.2. The summed E-state index contributed by atoms with van der Waals surface area (Å²) in [6.07, 6.45) is -4.32. The zero-order chi connectivity index (χ0) is 20.7. The second-order valence-corrected chi connectivity index (χ2v) is 7.68. The first-order chi connectivity index (χ1) is 13.1. The van der Waals surface area contributed by atoms with Gasteiger partial charge in [0.2, 0.25) is 5.91 Å². The number of amides is 1. The van der Waals surface area contributed by atoms with Gasteiger partial charge in [0, 0.05) is 44.2 Å². The molecule has 2 rings (SSSR count). The molecule has 0 spiro atoms. The Morgan fingerprint density at radius 3 is 2.64 bits per heavy atom. The topological polar surface area (TPSA) is 41.6 Å². The maximum absolute atomic E-state index is 14.2. The molecule has 0 aliphatic carbocycles. The van der Waals surface area contributed by atoms with Crippen LogP contribution in [-0.4, -0.2) is 43.2 Å². The minimum absolute atomic E-state index is 0.0156. The Hall–Kier alpha value is -1.83. The SMILES string of the molecule is CC(C)CCOc1ccc(CN2CC(C(=O)NCCCC(F)(F)F)C2)c(F)c1. The highest BCUT2D eigenvalue weighted by Crippen LogP contribution is 2.24. The zero-order valence-corrected chi connectivity index (χ0v) is 16.3. The summed E-state index contributed by atoms with van der Waals surface area (Å²) < 4.78 is 56.0. The summed E-state index contributed by atoms with van der Waals surface area (Å²) in [6.45, 7) is 6.07. The van der Waals surface area contributed by atoms with E-state index in [4.69, 9.17) is 4.74 Å². The molecular weight excluding hydrogens is 376 g/mol. The second kappa shape index (κ2) is 10.1. The molecule has 28 heavy (non-hydrogen) atoms. The van der Waals surface area contributed by atoms with Gasteiger partial charge in [0.1, 0.15) is 11.6 Å². The predicted octanol–water partition coefficient (Wildman–Crippen LogP) is 4.14. The van der Waals surface area contributed by atoms with Crippen molar-refractivity contribution in [1.29, 1.82) is 0 Å². The summed E-state index contributed by atoms with van der Waals surface area (Å²) in [4.78, 5) is 13.8. The van der Waals surface area contributed by atoms with Gasteiger partial charge in [-0.1, -0.05) is 19.9 Å². The molecule has 0 atom stereocenters. The molecule has 1 aliphatic rings. The van der Waals surface area contributed by atoms with Crippen LogP contribution in [0.2, 0.25) is 0 Å². The van der Waals surface area contributed by atoms with E-state index in [1.54, 1.807) is 12.1 Å². The third-order valence-corrected chi connectivity index (χ3v) is 4.65. The van der Waals surface area contributed by atoms with Crippen LogP contribution in [0, 0.1) is 17.7 Å². The molecular formula is C20H28F4N2O2. The lowest BCUT2D eigenvalue weighted by atomic mass is 9.98. The molecule has 1 fully saturated rings. The van der Waals surface area contributed by atoms with Crippen LogP contribution in [0.25, 0.3) is 0 Å². The number of likely N-dealkylation sites (tertiary alicyclic amines) is 1. The fourth-order valence-electron chi connectivity index (χ4n) is 2.91. The van der Waals surface area contributed by atoms with E-state index in [9.17, 15) is 22.4 Å². The molecule has 0 aromatic heterocycles. The number of hydrogen-bond donors (Lipinski definition) is 1. The van der Waals surface area contributed by atoms with Gasteiger partial charge in [-0.05, 0) is 24.8 Å². The molecule has 1 saturated heterocycles. The van der Waals surface area contributed by atoms with Gasteiger partial charge in [-0.2, -0.15) is 13.2 Å². The lowest BCUT2D eigenvalue weighted by molar-refractivity contribution is -0.137. The molecule has 0 unspecified atom stereocenters. The van der Waals surface area contributed by atoms with E-state index in [0.29, 0.717) is 43.5 Å². The van der Waals surface area contributed by atoms with Gasteiger partial charge >= 0.3 is 6.18 Å². The first kappa shape index (κ1) is 22.5. The molecule has 0 saturated carbocycles. The highest BCUT2D eigenvalue weighted by Gasteiger charge is 2.33. The number of nitrogens with zero attached hydrogens (tertiary/aromatic N) is 1. The Kier molecular flexibility index (Phi) is 8.10. The van der Waals surface area contributed by atoms with E-state index < -0.39 is 12.6 Å². The van der Waals surface area contributed by atoms with Crippen molar-refractivity contribution in [3.05, 3.63) is 29.6 Å². The largest absolute Gasteiger partial charge is 0.493 e. The Bertz CT molecular complexity index is 644. The predicted molar refractivity (Wildman–Crippen MR) is 98.4 cm³/mol. The fraction of sp³-hybridized carbons (Fsp3) is 0.650. The van der Waals surface area contributed by atoms with Crippen molar-refractivity contribution in [2.45, 2.75) is 45.8 Å². The third kappa shape index (κ3) is 7.66. The van der Waals surface area contributed by atoms with Gasteiger partial charge in [0.15, 0.2) is 0 Å². The maximum Gasteiger partial charge on any atom is 0.389 e. The number of alkyl halides is 3. The van der Waals surface area contributed by atoms with Gasteiger partial charge in [0.25, 0.3) is 0 Å². The van der Waals surface area contributed by atoms with Crippen LogP contribution in [0.5, 0.6) is 5.75 Å². The molecule has 4 nitrogen and oxygen atoms in total. The van der Waals surface area contributed by atoms with Crippen LogP contribution in [0.4, 0.5) is 17.6 Å². The van der Waals surface area contributed by atoms with Gasteiger partial charge < -0.3 is 10.1 Å². The van der Waals surface area contributed by atoms with Crippen molar-refractivity contribution < 1.29 is 27.1 Å². The normalized spacial score (nSPS) is 15.5. The van der Waals surface area contributed by atoms with Crippen LogP contribution in [0.1, 0.15) is 38.7 Å². The number of benzene rings is 1. The van der Waals surface area contributed by atoms with E-state index in [2.05, 4.69) is 19.2 Å². The van der Waals surface area contributed by atoms with E-state index in [-0.39, 0.29) is 30.6 Å². The van der Waals surface area contributed by atoms with Crippen molar-refractivity contribution in [2.24, 2.45) is 11.8 Å². The fourth-order valence-corrected chi connectivity index (χ4v) is 2.91. The first-order valence-corrected chi connectivity index (χ1v) is 9.62. The molecule has 1 N–H and O–H groups in total. The molecule has 1 amide bonds. The molecule has 1 aromatic carbocycles. The minimum atomic E-state index is -4.20. The van der Waals surface area contributed by atoms with Crippen molar-refractivity contribution in [3.8, 4) is 5.75 Å². The lowest BCUT2D eigenvalue weighted by Gasteiger charge is -2.38. The quantitative estimate of drug-likeness (QED) is 0.471. The van der Waals surface area contributed by atoms with Crippen LogP contribution in [0.3, 0.4) is 0 Å².